The number of fused-ring (bicyclic) bond motifs is 2. The van der Waals surface area contributed by atoms with E-state index in [9.17, 15) is 8.42 Å². The topological polar surface area (TPSA) is 71.1 Å². The molecule has 5 rings (SSSR count). The number of rotatable bonds is 5. The van der Waals surface area contributed by atoms with Crippen LogP contribution in [0.3, 0.4) is 0 Å². The summed E-state index contributed by atoms with van der Waals surface area (Å²) in [6, 6.07) is 27.3. The predicted octanol–water partition coefficient (Wildman–Crippen LogP) is 6.59. The maximum atomic E-state index is 12.9. The van der Waals surface area contributed by atoms with Gasteiger partial charge in [0.1, 0.15) is 0 Å². The molecule has 32 heavy (non-hydrogen) atoms. The molecule has 0 aliphatic carbocycles. The van der Waals surface area contributed by atoms with Crippen LogP contribution in [-0.2, 0) is 10.0 Å². The maximum absolute atomic E-state index is 12.9. The van der Waals surface area contributed by atoms with E-state index in [1.165, 1.54) is 0 Å². The number of halogens is 1. The van der Waals surface area contributed by atoms with Crippen LogP contribution in [0.1, 0.15) is 0 Å². The Kier molecular flexibility index (Phi) is 5.17. The number of hydrogen-bond donors (Lipinski definition) is 2. The Morgan fingerprint density at radius 1 is 0.750 bits per heavy atom. The van der Waals surface area contributed by atoms with Gasteiger partial charge in [-0.05, 0) is 71.4 Å². The van der Waals surface area contributed by atoms with E-state index >= 15 is 0 Å². The first-order valence-electron chi connectivity index (χ1n) is 9.91. The number of pyridine rings is 1. The van der Waals surface area contributed by atoms with Gasteiger partial charge >= 0.3 is 0 Å². The highest BCUT2D eigenvalue weighted by molar-refractivity contribution is 7.92. The van der Waals surface area contributed by atoms with Crippen molar-refractivity contribution in [3.8, 4) is 0 Å². The largest absolute Gasteiger partial charge is 0.355 e. The molecule has 0 unspecified atom stereocenters. The molecule has 0 amide bonds. The molecule has 1 aromatic heterocycles. The zero-order chi connectivity index (χ0) is 22.1. The average Bonchev–Trinajstić information content (AvgIpc) is 2.79. The lowest BCUT2D eigenvalue weighted by Crippen LogP contribution is -2.12. The van der Waals surface area contributed by atoms with Crippen LogP contribution in [0.25, 0.3) is 21.7 Å². The second-order valence-electron chi connectivity index (χ2n) is 7.34. The summed E-state index contributed by atoms with van der Waals surface area (Å²) in [4.78, 5) is 4.52. The molecule has 0 saturated carbocycles. The highest BCUT2D eigenvalue weighted by Gasteiger charge is 2.14. The smallest absolute Gasteiger partial charge is 0.261 e. The molecule has 4 aromatic carbocycles. The molecule has 5 aromatic rings. The van der Waals surface area contributed by atoms with Gasteiger partial charge in [-0.2, -0.15) is 0 Å². The zero-order valence-electron chi connectivity index (χ0n) is 16.8. The van der Waals surface area contributed by atoms with Gasteiger partial charge < -0.3 is 5.32 Å². The maximum Gasteiger partial charge on any atom is 0.261 e. The van der Waals surface area contributed by atoms with E-state index < -0.39 is 10.0 Å². The first-order valence-corrected chi connectivity index (χ1v) is 11.8. The molecule has 0 saturated heterocycles. The van der Waals surface area contributed by atoms with E-state index in [-0.39, 0.29) is 4.90 Å². The Morgan fingerprint density at radius 2 is 1.50 bits per heavy atom. The number of nitrogens with one attached hydrogen (secondary N) is 2. The molecule has 0 spiro atoms. The molecule has 0 fully saturated rings. The van der Waals surface area contributed by atoms with Crippen LogP contribution in [0.2, 0.25) is 5.02 Å². The van der Waals surface area contributed by atoms with Crippen molar-refractivity contribution in [1.82, 2.24) is 4.98 Å². The standard InChI is InChI=1S/C25H18ClN3O2S/c26-19-6-12-23-24(13-14-27-25(23)16-19)28-20-8-10-22(11-9-20)32(30,31)29-21-7-5-17-3-1-2-4-18(17)15-21/h1-16,29H,(H,27,28). The average molecular weight is 460 g/mol. The minimum absolute atomic E-state index is 0.183. The zero-order valence-corrected chi connectivity index (χ0v) is 18.4. The number of anilines is 3. The number of aromatic nitrogens is 1. The molecule has 0 aliphatic heterocycles. The lowest BCUT2D eigenvalue weighted by molar-refractivity contribution is 0.601. The molecule has 7 heteroatoms. The molecular formula is C25H18ClN3O2S. The highest BCUT2D eigenvalue weighted by Crippen LogP contribution is 2.28. The Hall–Kier alpha value is -3.61. The minimum atomic E-state index is -3.71. The van der Waals surface area contributed by atoms with Crippen LogP contribution in [0.15, 0.2) is 102 Å². The summed E-state index contributed by atoms with van der Waals surface area (Å²) in [7, 11) is -3.71. The van der Waals surface area contributed by atoms with Crippen molar-refractivity contribution in [2.24, 2.45) is 0 Å². The van der Waals surface area contributed by atoms with E-state index in [1.54, 1.807) is 42.6 Å². The molecule has 5 nitrogen and oxygen atoms in total. The summed E-state index contributed by atoms with van der Waals surface area (Å²) >= 11 is 6.05. The second-order valence-corrected chi connectivity index (χ2v) is 9.46. The third kappa shape index (κ3) is 4.10. The fraction of sp³-hybridized carbons (Fsp3) is 0. The predicted molar refractivity (Wildman–Crippen MR) is 131 cm³/mol. The van der Waals surface area contributed by atoms with Crippen molar-refractivity contribution in [1.29, 1.82) is 0 Å². The summed E-state index contributed by atoms with van der Waals surface area (Å²) < 4.78 is 28.4. The van der Waals surface area contributed by atoms with Crippen molar-refractivity contribution in [3.63, 3.8) is 0 Å². The fourth-order valence-corrected chi connectivity index (χ4v) is 4.79. The fourth-order valence-electron chi connectivity index (χ4n) is 3.57. The van der Waals surface area contributed by atoms with Gasteiger partial charge in [0.05, 0.1) is 10.4 Å². The highest BCUT2D eigenvalue weighted by atomic mass is 35.5. The lowest BCUT2D eigenvalue weighted by Gasteiger charge is -2.12. The van der Waals surface area contributed by atoms with Crippen LogP contribution in [-0.4, -0.2) is 13.4 Å². The number of benzene rings is 4. The molecule has 158 valence electrons. The van der Waals surface area contributed by atoms with Gasteiger partial charge in [-0.25, -0.2) is 8.42 Å². The Bertz CT molecular complexity index is 1550. The van der Waals surface area contributed by atoms with Crippen LogP contribution < -0.4 is 10.0 Å². The summed E-state index contributed by atoms with van der Waals surface area (Å²) in [6.45, 7) is 0. The summed E-state index contributed by atoms with van der Waals surface area (Å²) in [5.74, 6) is 0. The van der Waals surface area contributed by atoms with Crippen molar-refractivity contribution in [2.45, 2.75) is 4.90 Å². The van der Waals surface area contributed by atoms with Crippen LogP contribution in [0.5, 0.6) is 0 Å². The minimum Gasteiger partial charge on any atom is -0.355 e. The summed E-state index contributed by atoms with van der Waals surface area (Å²) in [5, 5.41) is 6.88. The molecule has 1 heterocycles. The molecule has 0 atom stereocenters. The van der Waals surface area contributed by atoms with Crippen molar-refractivity contribution in [3.05, 3.63) is 102 Å². The lowest BCUT2D eigenvalue weighted by atomic mass is 10.1. The Morgan fingerprint density at radius 3 is 2.31 bits per heavy atom. The number of hydrogen-bond acceptors (Lipinski definition) is 4. The molecule has 2 N–H and O–H groups in total. The van der Waals surface area contributed by atoms with Gasteiger partial charge in [0.2, 0.25) is 0 Å². The third-order valence-corrected chi connectivity index (χ3v) is 6.78. The molecule has 0 aliphatic rings. The van der Waals surface area contributed by atoms with E-state index in [4.69, 9.17) is 11.6 Å². The first-order chi connectivity index (χ1) is 15.5. The van der Waals surface area contributed by atoms with Gasteiger partial charge in [-0.1, -0.05) is 41.9 Å². The van der Waals surface area contributed by atoms with Crippen molar-refractivity contribution >= 4 is 60.4 Å². The van der Waals surface area contributed by atoms with Crippen molar-refractivity contribution < 1.29 is 8.42 Å². The third-order valence-electron chi connectivity index (χ3n) is 5.15. The number of nitrogens with zero attached hydrogens (tertiary/aromatic N) is 1. The van der Waals surface area contributed by atoms with Crippen molar-refractivity contribution in [2.75, 3.05) is 10.0 Å². The van der Waals surface area contributed by atoms with Crippen LogP contribution >= 0.6 is 11.6 Å². The van der Waals surface area contributed by atoms with E-state index in [0.717, 1.165) is 33.1 Å². The van der Waals surface area contributed by atoms with Gasteiger partial charge in [0, 0.05) is 33.7 Å². The molecular weight excluding hydrogens is 442 g/mol. The Balaban J connectivity index is 1.38. The normalized spacial score (nSPS) is 11.5. The Labute approximate surface area is 190 Å². The van der Waals surface area contributed by atoms with Gasteiger partial charge in [-0.3, -0.25) is 9.71 Å². The van der Waals surface area contributed by atoms with Crippen LogP contribution in [0, 0.1) is 0 Å². The quantitative estimate of drug-likeness (QED) is 0.311. The second kappa shape index (κ2) is 8.15. The SMILES string of the molecule is O=S(=O)(Nc1ccc2ccccc2c1)c1ccc(Nc2ccnc3cc(Cl)ccc23)cc1. The monoisotopic (exact) mass is 459 g/mol. The van der Waals surface area contributed by atoms with E-state index in [1.807, 2.05) is 54.6 Å². The summed E-state index contributed by atoms with van der Waals surface area (Å²) in [6.07, 6.45) is 1.70. The van der Waals surface area contributed by atoms with E-state index in [2.05, 4.69) is 15.0 Å². The van der Waals surface area contributed by atoms with Gasteiger partial charge in [-0.15, -0.1) is 0 Å². The van der Waals surface area contributed by atoms with Gasteiger partial charge in [0.15, 0.2) is 0 Å². The molecule has 0 bridgehead atoms. The summed E-state index contributed by atoms with van der Waals surface area (Å²) in [5.41, 5.74) is 2.92. The number of sulfonamides is 1. The molecule has 0 radical (unpaired) electrons. The van der Waals surface area contributed by atoms with Crippen LogP contribution in [0.4, 0.5) is 17.1 Å². The first kappa shape index (κ1) is 20.3. The van der Waals surface area contributed by atoms with E-state index in [0.29, 0.717) is 10.7 Å². The van der Waals surface area contributed by atoms with Gasteiger partial charge in [0.25, 0.3) is 10.0 Å².